The first-order valence-electron chi connectivity index (χ1n) is 8.36. The number of ether oxygens (including phenoxy) is 2. The Labute approximate surface area is 157 Å². The fourth-order valence-electron chi connectivity index (χ4n) is 2.51. The van der Waals surface area contributed by atoms with Gasteiger partial charge in [-0.25, -0.2) is 4.79 Å². The van der Waals surface area contributed by atoms with Crippen LogP contribution >= 0.6 is 11.6 Å². The number of nitrogens with one attached hydrogen (secondary N) is 1. The molecule has 3 rings (SSSR count). The third kappa shape index (κ3) is 4.36. The average molecular weight is 376 g/mol. The summed E-state index contributed by atoms with van der Waals surface area (Å²) in [5, 5.41) is 10.4. The first kappa shape index (κ1) is 19.8. The molecule has 0 spiro atoms. The van der Waals surface area contributed by atoms with Crippen molar-refractivity contribution in [2.75, 3.05) is 20.3 Å². The monoisotopic (exact) mass is 375 g/mol. The van der Waals surface area contributed by atoms with Gasteiger partial charge in [-0.1, -0.05) is 37.6 Å². The topological polar surface area (TPSA) is 71.6 Å². The largest absolute Gasteiger partial charge is 0.491 e. The molecule has 0 atom stereocenters. The molecule has 0 aliphatic carbocycles. The molecule has 0 amide bonds. The number of aromatic carboxylic acids is 1. The van der Waals surface area contributed by atoms with Gasteiger partial charge in [0, 0.05) is 29.8 Å². The third-order valence-corrected chi connectivity index (χ3v) is 4.03. The SMILES string of the molecule is CC.COCCOc1ccc(-c2cc3c(C(=O)O)c[nH]c3cc2Cl)cc1. The van der Waals surface area contributed by atoms with Crippen molar-refractivity contribution in [1.29, 1.82) is 0 Å². The number of aromatic nitrogens is 1. The van der Waals surface area contributed by atoms with Crippen LogP contribution in [0.15, 0.2) is 42.6 Å². The summed E-state index contributed by atoms with van der Waals surface area (Å²) in [7, 11) is 1.62. The standard InChI is InChI=1S/C18H16ClNO4.C2H6/c1-23-6-7-24-12-4-2-11(3-5-12)13-8-14-15(18(21)22)10-20-17(14)9-16(13)19;1-2/h2-5,8-10,20H,6-7H2,1H3,(H,21,22);1-2H3. The highest BCUT2D eigenvalue weighted by molar-refractivity contribution is 6.34. The van der Waals surface area contributed by atoms with Crippen LogP contribution in [-0.4, -0.2) is 36.4 Å². The van der Waals surface area contributed by atoms with E-state index < -0.39 is 5.97 Å². The van der Waals surface area contributed by atoms with Gasteiger partial charge >= 0.3 is 5.97 Å². The van der Waals surface area contributed by atoms with Gasteiger partial charge in [-0.3, -0.25) is 0 Å². The second-order valence-corrected chi connectivity index (χ2v) is 5.66. The van der Waals surface area contributed by atoms with E-state index >= 15 is 0 Å². The number of fused-ring (bicyclic) bond motifs is 1. The lowest BCUT2D eigenvalue weighted by Crippen LogP contribution is -2.03. The van der Waals surface area contributed by atoms with Crippen LogP contribution in [0, 0.1) is 0 Å². The Kier molecular flexibility index (Phi) is 7.06. The first-order valence-corrected chi connectivity index (χ1v) is 8.74. The minimum absolute atomic E-state index is 0.224. The summed E-state index contributed by atoms with van der Waals surface area (Å²) >= 11 is 6.35. The number of hydrogen-bond donors (Lipinski definition) is 2. The summed E-state index contributed by atoms with van der Waals surface area (Å²) in [5.41, 5.74) is 2.58. The molecule has 6 heteroatoms. The highest BCUT2D eigenvalue weighted by Gasteiger charge is 2.14. The molecule has 0 bridgehead atoms. The minimum atomic E-state index is -0.976. The summed E-state index contributed by atoms with van der Waals surface area (Å²) < 4.78 is 10.5. The highest BCUT2D eigenvalue weighted by Crippen LogP contribution is 2.34. The second kappa shape index (κ2) is 9.27. The lowest BCUT2D eigenvalue weighted by atomic mass is 10.0. The molecule has 0 aliphatic heterocycles. The first-order chi connectivity index (χ1) is 12.6. The molecular formula is C20H22ClNO4. The van der Waals surface area contributed by atoms with E-state index in [9.17, 15) is 9.90 Å². The van der Waals surface area contributed by atoms with Crippen LogP contribution in [0.3, 0.4) is 0 Å². The van der Waals surface area contributed by atoms with E-state index in [1.54, 1.807) is 19.2 Å². The smallest absolute Gasteiger partial charge is 0.337 e. The van der Waals surface area contributed by atoms with Crippen molar-refractivity contribution in [3.8, 4) is 16.9 Å². The molecule has 2 N–H and O–H groups in total. The van der Waals surface area contributed by atoms with Crippen molar-refractivity contribution in [2.45, 2.75) is 13.8 Å². The Morgan fingerprint density at radius 3 is 2.46 bits per heavy atom. The molecule has 0 radical (unpaired) electrons. The van der Waals surface area contributed by atoms with E-state index in [1.807, 2.05) is 38.1 Å². The van der Waals surface area contributed by atoms with Gasteiger partial charge in [-0.2, -0.15) is 0 Å². The zero-order valence-corrected chi connectivity index (χ0v) is 15.8. The van der Waals surface area contributed by atoms with Crippen LogP contribution in [0.4, 0.5) is 0 Å². The van der Waals surface area contributed by atoms with Crippen LogP contribution in [0.25, 0.3) is 22.0 Å². The number of rotatable bonds is 6. The van der Waals surface area contributed by atoms with Gasteiger partial charge in [0.2, 0.25) is 0 Å². The number of benzene rings is 2. The maximum atomic E-state index is 11.3. The number of methoxy groups -OCH3 is 1. The summed E-state index contributed by atoms with van der Waals surface area (Å²) in [4.78, 5) is 14.2. The van der Waals surface area contributed by atoms with Crippen LogP contribution in [-0.2, 0) is 4.74 Å². The Bertz CT molecular complexity index is 871. The van der Waals surface area contributed by atoms with E-state index in [0.717, 1.165) is 16.9 Å². The van der Waals surface area contributed by atoms with Crippen molar-refractivity contribution < 1.29 is 19.4 Å². The van der Waals surface area contributed by atoms with E-state index in [2.05, 4.69) is 4.98 Å². The number of halogens is 1. The molecule has 5 nitrogen and oxygen atoms in total. The van der Waals surface area contributed by atoms with Gasteiger partial charge < -0.3 is 19.6 Å². The Morgan fingerprint density at radius 1 is 1.15 bits per heavy atom. The van der Waals surface area contributed by atoms with E-state index in [-0.39, 0.29) is 5.56 Å². The second-order valence-electron chi connectivity index (χ2n) is 5.25. The maximum absolute atomic E-state index is 11.3. The normalized spacial score (nSPS) is 10.3. The average Bonchev–Trinajstić information content (AvgIpc) is 3.06. The highest BCUT2D eigenvalue weighted by atomic mass is 35.5. The predicted octanol–water partition coefficient (Wildman–Crippen LogP) is 5.24. The van der Waals surface area contributed by atoms with Gasteiger partial charge in [0.15, 0.2) is 0 Å². The lowest BCUT2D eigenvalue weighted by Gasteiger charge is -2.09. The molecule has 0 aliphatic rings. The Hall–Kier alpha value is -2.50. The minimum Gasteiger partial charge on any atom is -0.491 e. The fraction of sp³-hybridized carbons (Fsp3) is 0.250. The van der Waals surface area contributed by atoms with Gasteiger partial charge in [-0.15, -0.1) is 0 Å². The van der Waals surface area contributed by atoms with Gasteiger partial charge in [0.25, 0.3) is 0 Å². The molecule has 1 heterocycles. The van der Waals surface area contributed by atoms with Crippen LogP contribution in [0.1, 0.15) is 24.2 Å². The number of H-pyrrole nitrogens is 1. The Morgan fingerprint density at radius 2 is 1.85 bits per heavy atom. The Balaban J connectivity index is 0.00000117. The quantitative estimate of drug-likeness (QED) is 0.578. The van der Waals surface area contributed by atoms with Crippen molar-refractivity contribution >= 4 is 28.5 Å². The summed E-state index contributed by atoms with van der Waals surface area (Å²) in [6.45, 7) is 5.00. The van der Waals surface area contributed by atoms with E-state index in [4.69, 9.17) is 21.1 Å². The van der Waals surface area contributed by atoms with Crippen LogP contribution in [0.2, 0.25) is 5.02 Å². The molecule has 0 fully saturated rings. The van der Waals surface area contributed by atoms with Gasteiger partial charge in [0.1, 0.15) is 12.4 Å². The number of carboxylic acids is 1. The molecule has 26 heavy (non-hydrogen) atoms. The number of carbonyl (C=O) groups is 1. The molecule has 2 aromatic carbocycles. The van der Waals surface area contributed by atoms with Gasteiger partial charge in [0.05, 0.1) is 17.2 Å². The fourth-order valence-corrected chi connectivity index (χ4v) is 2.79. The molecule has 0 saturated heterocycles. The number of aromatic amines is 1. The van der Waals surface area contributed by atoms with Crippen molar-refractivity contribution in [1.82, 2.24) is 4.98 Å². The van der Waals surface area contributed by atoms with Crippen molar-refractivity contribution in [3.05, 3.63) is 53.2 Å². The van der Waals surface area contributed by atoms with Gasteiger partial charge in [-0.05, 0) is 29.8 Å². The predicted molar refractivity (Wildman–Crippen MR) is 104 cm³/mol. The van der Waals surface area contributed by atoms with E-state index in [0.29, 0.717) is 29.1 Å². The molecule has 3 aromatic rings. The molecular weight excluding hydrogens is 354 g/mol. The number of carboxylic acid groups (broad SMARTS) is 1. The van der Waals surface area contributed by atoms with E-state index in [1.165, 1.54) is 6.20 Å². The zero-order valence-electron chi connectivity index (χ0n) is 15.0. The van der Waals surface area contributed by atoms with Crippen LogP contribution in [0.5, 0.6) is 5.75 Å². The summed E-state index contributed by atoms with van der Waals surface area (Å²) in [6, 6.07) is 11.0. The van der Waals surface area contributed by atoms with Crippen molar-refractivity contribution in [3.63, 3.8) is 0 Å². The summed E-state index contributed by atoms with van der Waals surface area (Å²) in [5.74, 6) is -0.239. The summed E-state index contributed by atoms with van der Waals surface area (Å²) in [6.07, 6.45) is 1.47. The van der Waals surface area contributed by atoms with Crippen LogP contribution < -0.4 is 4.74 Å². The third-order valence-electron chi connectivity index (χ3n) is 3.72. The lowest BCUT2D eigenvalue weighted by molar-refractivity contribution is 0.0699. The maximum Gasteiger partial charge on any atom is 0.337 e. The molecule has 138 valence electrons. The zero-order chi connectivity index (χ0) is 19.1. The molecule has 0 unspecified atom stereocenters. The molecule has 1 aromatic heterocycles. The number of hydrogen-bond acceptors (Lipinski definition) is 3. The molecule has 0 saturated carbocycles. The van der Waals surface area contributed by atoms with Crippen molar-refractivity contribution in [2.24, 2.45) is 0 Å².